The number of benzene rings is 2. The van der Waals surface area contributed by atoms with Gasteiger partial charge in [-0.1, -0.05) is 29.8 Å². The fourth-order valence-electron chi connectivity index (χ4n) is 3.07. The molecular weight excluding hydrogens is 420 g/mol. The largest absolute Gasteiger partial charge is 0.265 e. The molecule has 0 amide bonds. The zero-order valence-corrected chi connectivity index (χ0v) is 17.7. The van der Waals surface area contributed by atoms with Crippen LogP contribution in [-0.2, 0) is 23.1 Å². The Bertz CT molecular complexity index is 1140. The first-order valence-electron chi connectivity index (χ1n) is 8.78. The van der Waals surface area contributed by atoms with Crippen LogP contribution in [0.4, 0.5) is 8.78 Å². The van der Waals surface area contributed by atoms with Crippen LogP contribution in [0.3, 0.4) is 0 Å². The molecule has 0 atom stereocenters. The van der Waals surface area contributed by atoms with Gasteiger partial charge in [0.05, 0.1) is 17.1 Å². The molecule has 0 aliphatic rings. The molecule has 9 heteroatoms. The first-order valence-corrected chi connectivity index (χ1v) is 10.6. The van der Waals surface area contributed by atoms with Crippen molar-refractivity contribution in [1.82, 2.24) is 14.1 Å². The summed E-state index contributed by atoms with van der Waals surface area (Å²) >= 11 is 6.22. The maximum absolute atomic E-state index is 13.5. The highest BCUT2D eigenvalue weighted by molar-refractivity contribution is 7.89. The third-order valence-corrected chi connectivity index (χ3v) is 6.88. The number of nitrogens with zero attached hydrogens (tertiary/aromatic N) is 3. The maximum Gasteiger partial charge on any atom is 0.243 e. The second-order valence-electron chi connectivity index (χ2n) is 6.76. The topological polar surface area (TPSA) is 55.2 Å². The molecule has 3 rings (SSSR count). The molecule has 0 bridgehead atoms. The van der Waals surface area contributed by atoms with Crippen LogP contribution in [0.15, 0.2) is 47.4 Å². The predicted molar refractivity (Wildman–Crippen MR) is 107 cm³/mol. The van der Waals surface area contributed by atoms with E-state index in [0.29, 0.717) is 23.3 Å². The predicted octanol–water partition coefficient (Wildman–Crippen LogP) is 4.30. The third-order valence-electron chi connectivity index (χ3n) is 4.73. The smallest absolute Gasteiger partial charge is 0.243 e. The van der Waals surface area contributed by atoms with Gasteiger partial charge in [-0.3, -0.25) is 4.68 Å². The van der Waals surface area contributed by atoms with Gasteiger partial charge in [-0.25, -0.2) is 17.2 Å². The summed E-state index contributed by atoms with van der Waals surface area (Å²) in [5.41, 5.74) is 3.07. The summed E-state index contributed by atoms with van der Waals surface area (Å²) < 4.78 is 55.3. The molecule has 29 heavy (non-hydrogen) atoms. The van der Waals surface area contributed by atoms with E-state index >= 15 is 0 Å². The average Bonchev–Trinajstić information content (AvgIpc) is 2.90. The molecule has 0 radical (unpaired) electrons. The average molecular weight is 440 g/mol. The van der Waals surface area contributed by atoms with Gasteiger partial charge in [-0.2, -0.15) is 9.40 Å². The van der Waals surface area contributed by atoms with Crippen LogP contribution >= 0.6 is 11.6 Å². The summed E-state index contributed by atoms with van der Waals surface area (Å²) in [5, 5.41) is 5.12. The number of halogens is 3. The summed E-state index contributed by atoms with van der Waals surface area (Å²) in [6.07, 6.45) is 0. The lowest BCUT2D eigenvalue weighted by Crippen LogP contribution is -2.27. The van der Waals surface area contributed by atoms with Gasteiger partial charge in [0.25, 0.3) is 0 Å². The second kappa shape index (κ2) is 8.22. The Balaban J connectivity index is 1.88. The fraction of sp³-hybridized carbons (Fsp3) is 0.250. The van der Waals surface area contributed by atoms with E-state index in [1.807, 2.05) is 25.1 Å². The maximum atomic E-state index is 13.5. The minimum Gasteiger partial charge on any atom is -0.265 e. The Morgan fingerprint density at radius 1 is 1.10 bits per heavy atom. The van der Waals surface area contributed by atoms with E-state index in [9.17, 15) is 17.2 Å². The molecule has 0 aliphatic heterocycles. The fourth-order valence-corrected chi connectivity index (χ4v) is 4.45. The van der Waals surface area contributed by atoms with E-state index in [4.69, 9.17) is 11.6 Å². The molecule has 0 fully saturated rings. The van der Waals surface area contributed by atoms with E-state index in [-0.39, 0.29) is 6.54 Å². The van der Waals surface area contributed by atoms with Gasteiger partial charge in [0.15, 0.2) is 0 Å². The van der Waals surface area contributed by atoms with Crippen molar-refractivity contribution in [3.8, 4) is 0 Å². The molecule has 5 nitrogen and oxygen atoms in total. The monoisotopic (exact) mass is 439 g/mol. The van der Waals surface area contributed by atoms with Gasteiger partial charge in [0.1, 0.15) is 11.6 Å². The van der Waals surface area contributed by atoms with Gasteiger partial charge < -0.3 is 0 Å². The summed E-state index contributed by atoms with van der Waals surface area (Å²) in [6, 6.07) is 9.65. The second-order valence-corrected chi connectivity index (χ2v) is 9.22. The van der Waals surface area contributed by atoms with Gasteiger partial charge >= 0.3 is 0 Å². The van der Waals surface area contributed by atoms with Crippen LogP contribution in [0.1, 0.15) is 22.5 Å². The van der Waals surface area contributed by atoms with E-state index in [1.54, 1.807) is 17.7 Å². The lowest BCUT2D eigenvalue weighted by atomic mass is 10.2. The van der Waals surface area contributed by atoms with Crippen molar-refractivity contribution < 1.29 is 17.2 Å². The van der Waals surface area contributed by atoms with Gasteiger partial charge in [-0.15, -0.1) is 0 Å². The Kier molecular flexibility index (Phi) is 6.07. The lowest BCUT2D eigenvalue weighted by Gasteiger charge is -2.18. The van der Waals surface area contributed by atoms with Crippen molar-refractivity contribution >= 4 is 21.6 Å². The standard InChI is InChI=1S/C20H20ClF2N3O2S/c1-13-19(14(2)26(24-13)11-15-6-4-5-7-20(15)21)12-25(3)29(27,28)18-9-16(22)8-17(23)10-18/h4-10H,11-12H2,1-3H3. The van der Waals surface area contributed by atoms with Crippen molar-refractivity contribution in [1.29, 1.82) is 0 Å². The number of hydrogen-bond acceptors (Lipinski definition) is 3. The van der Waals surface area contributed by atoms with Gasteiger partial charge in [-0.05, 0) is 37.6 Å². The Hall–Kier alpha value is -2.29. The Labute approximate surface area is 173 Å². The zero-order chi connectivity index (χ0) is 21.3. The van der Waals surface area contributed by atoms with Gasteiger partial charge in [0, 0.05) is 35.9 Å². The molecule has 0 saturated carbocycles. The first kappa shape index (κ1) is 21.4. The molecule has 1 aromatic heterocycles. The summed E-state index contributed by atoms with van der Waals surface area (Å²) in [7, 11) is -2.71. The minimum absolute atomic E-state index is 0.0145. The summed E-state index contributed by atoms with van der Waals surface area (Å²) in [5.74, 6) is -1.89. The molecule has 0 saturated heterocycles. The number of sulfonamides is 1. The lowest BCUT2D eigenvalue weighted by molar-refractivity contribution is 0.462. The summed E-state index contributed by atoms with van der Waals surface area (Å²) in [4.78, 5) is -0.434. The van der Waals surface area contributed by atoms with E-state index < -0.39 is 26.6 Å². The Morgan fingerprint density at radius 2 is 1.72 bits per heavy atom. The number of aryl methyl sites for hydroxylation is 1. The van der Waals surface area contributed by atoms with Crippen molar-refractivity contribution in [3.05, 3.63) is 81.6 Å². The van der Waals surface area contributed by atoms with Crippen LogP contribution in [0.2, 0.25) is 5.02 Å². The molecular formula is C20H20ClF2N3O2S. The van der Waals surface area contributed by atoms with Crippen LogP contribution < -0.4 is 0 Å². The first-order chi connectivity index (χ1) is 13.6. The normalized spacial score (nSPS) is 12.0. The molecule has 0 unspecified atom stereocenters. The summed E-state index contributed by atoms with van der Waals surface area (Å²) in [6.45, 7) is 4.08. The highest BCUT2D eigenvalue weighted by Gasteiger charge is 2.25. The number of aromatic nitrogens is 2. The minimum atomic E-state index is -4.08. The van der Waals surface area contributed by atoms with Crippen molar-refractivity contribution in [2.24, 2.45) is 0 Å². The van der Waals surface area contributed by atoms with Crippen molar-refractivity contribution in [2.75, 3.05) is 7.05 Å². The Morgan fingerprint density at radius 3 is 2.34 bits per heavy atom. The quantitative estimate of drug-likeness (QED) is 0.575. The SMILES string of the molecule is Cc1nn(Cc2ccccc2Cl)c(C)c1CN(C)S(=O)(=O)c1cc(F)cc(F)c1. The molecule has 0 spiro atoms. The van der Waals surface area contributed by atoms with Crippen LogP contribution in [0, 0.1) is 25.5 Å². The highest BCUT2D eigenvalue weighted by Crippen LogP contribution is 2.23. The molecule has 2 aromatic carbocycles. The zero-order valence-electron chi connectivity index (χ0n) is 16.2. The number of rotatable bonds is 6. The van der Waals surface area contributed by atoms with E-state index in [2.05, 4.69) is 5.10 Å². The molecule has 3 aromatic rings. The van der Waals surface area contributed by atoms with E-state index in [1.165, 1.54) is 7.05 Å². The highest BCUT2D eigenvalue weighted by atomic mass is 35.5. The molecule has 0 aliphatic carbocycles. The van der Waals surface area contributed by atoms with Gasteiger partial charge in [0.2, 0.25) is 10.0 Å². The third kappa shape index (κ3) is 4.49. The van der Waals surface area contributed by atoms with E-state index in [0.717, 1.165) is 33.3 Å². The van der Waals surface area contributed by atoms with Crippen LogP contribution in [0.25, 0.3) is 0 Å². The molecule has 154 valence electrons. The van der Waals surface area contributed by atoms with Crippen LogP contribution in [0.5, 0.6) is 0 Å². The van der Waals surface area contributed by atoms with Crippen molar-refractivity contribution in [3.63, 3.8) is 0 Å². The molecule has 0 N–H and O–H groups in total. The van der Waals surface area contributed by atoms with Crippen molar-refractivity contribution in [2.45, 2.75) is 31.8 Å². The molecule has 1 heterocycles. The number of hydrogen-bond donors (Lipinski definition) is 0. The van der Waals surface area contributed by atoms with Crippen LogP contribution in [-0.4, -0.2) is 29.6 Å².